The van der Waals surface area contributed by atoms with Gasteiger partial charge in [-0.25, -0.2) is 4.79 Å². The number of carbonyl (C=O) groups is 1. The molecule has 3 heteroatoms. The van der Waals surface area contributed by atoms with E-state index in [1.54, 1.807) is 0 Å². The van der Waals surface area contributed by atoms with Crippen LogP contribution in [0.1, 0.15) is 43.2 Å². The summed E-state index contributed by atoms with van der Waals surface area (Å²) in [5, 5.41) is 6.01. The van der Waals surface area contributed by atoms with E-state index >= 15 is 0 Å². The summed E-state index contributed by atoms with van der Waals surface area (Å²) in [5.41, 5.74) is 3.24. The number of hydrogen-bond donors (Lipinski definition) is 2. The first kappa shape index (κ1) is 12.9. The molecule has 1 aliphatic rings. The first-order valence-corrected chi connectivity index (χ1v) is 6.80. The highest BCUT2D eigenvalue weighted by molar-refractivity contribution is 5.90. The van der Waals surface area contributed by atoms with E-state index in [1.807, 2.05) is 19.1 Å². The van der Waals surface area contributed by atoms with Gasteiger partial charge in [-0.1, -0.05) is 31.4 Å². The molecule has 1 fully saturated rings. The molecule has 98 valence electrons. The zero-order valence-corrected chi connectivity index (χ0v) is 11.3. The number of anilines is 1. The average molecular weight is 246 g/mol. The molecule has 2 amide bonds. The predicted octanol–water partition coefficient (Wildman–Crippen LogP) is 3.76. The van der Waals surface area contributed by atoms with E-state index < -0.39 is 0 Å². The van der Waals surface area contributed by atoms with Gasteiger partial charge < -0.3 is 10.6 Å². The lowest BCUT2D eigenvalue weighted by Gasteiger charge is -2.23. The largest absolute Gasteiger partial charge is 0.335 e. The second kappa shape index (κ2) is 5.89. The van der Waals surface area contributed by atoms with Crippen LogP contribution in [-0.4, -0.2) is 12.1 Å². The van der Waals surface area contributed by atoms with Gasteiger partial charge in [0.15, 0.2) is 0 Å². The first-order chi connectivity index (χ1) is 8.66. The van der Waals surface area contributed by atoms with Crippen molar-refractivity contribution < 1.29 is 4.79 Å². The summed E-state index contributed by atoms with van der Waals surface area (Å²) in [5.74, 6) is 0. The quantitative estimate of drug-likeness (QED) is 0.819. The third kappa shape index (κ3) is 3.25. The molecule has 0 saturated heterocycles. The molecule has 0 unspecified atom stereocenters. The Morgan fingerprint density at radius 3 is 2.61 bits per heavy atom. The molecule has 2 rings (SSSR count). The Kier molecular flexibility index (Phi) is 4.24. The zero-order valence-electron chi connectivity index (χ0n) is 11.3. The molecule has 1 saturated carbocycles. The third-order valence-electron chi connectivity index (χ3n) is 3.79. The summed E-state index contributed by atoms with van der Waals surface area (Å²) in [7, 11) is 0. The van der Waals surface area contributed by atoms with Crippen molar-refractivity contribution in [2.45, 2.75) is 52.0 Å². The zero-order chi connectivity index (χ0) is 13.0. The average Bonchev–Trinajstić information content (AvgIpc) is 2.36. The lowest BCUT2D eigenvalue weighted by Crippen LogP contribution is -2.39. The van der Waals surface area contributed by atoms with Crippen molar-refractivity contribution in [3.8, 4) is 0 Å². The smallest absolute Gasteiger partial charge is 0.319 e. The molecular weight excluding hydrogens is 224 g/mol. The van der Waals surface area contributed by atoms with Crippen LogP contribution in [-0.2, 0) is 0 Å². The van der Waals surface area contributed by atoms with Gasteiger partial charge in [0, 0.05) is 11.7 Å². The molecular formula is C15H22N2O. The van der Waals surface area contributed by atoms with Crippen LogP contribution in [0.3, 0.4) is 0 Å². The lowest BCUT2D eigenvalue weighted by molar-refractivity contribution is 0.244. The number of rotatable bonds is 2. The van der Waals surface area contributed by atoms with E-state index in [4.69, 9.17) is 0 Å². The van der Waals surface area contributed by atoms with Crippen LogP contribution in [0.5, 0.6) is 0 Å². The maximum absolute atomic E-state index is 11.9. The monoisotopic (exact) mass is 246 g/mol. The van der Waals surface area contributed by atoms with Crippen LogP contribution in [0.2, 0.25) is 0 Å². The predicted molar refractivity (Wildman–Crippen MR) is 74.9 cm³/mol. The van der Waals surface area contributed by atoms with Gasteiger partial charge in [0.1, 0.15) is 0 Å². The number of benzene rings is 1. The first-order valence-electron chi connectivity index (χ1n) is 6.80. The van der Waals surface area contributed by atoms with Gasteiger partial charge in [-0.15, -0.1) is 0 Å². The topological polar surface area (TPSA) is 41.1 Å². The molecule has 0 aromatic heterocycles. The molecule has 18 heavy (non-hydrogen) atoms. The van der Waals surface area contributed by atoms with Crippen molar-refractivity contribution >= 4 is 11.7 Å². The second-order valence-corrected chi connectivity index (χ2v) is 5.18. The maximum atomic E-state index is 11.9. The number of amides is 2. The van der Waals surface area contributed by atoms with E-state index in [0.717, 1.165) is 24.1 Å². The van der Waals surface area contributed by atoms with Crippen molar-refractivity contribution in [1.82, 2.24) is 5.32 Å². The fraction of sp³-hybridized carbons (Fsp3) is 0.533. The third-order valence-corrected chi connectivity index (χ3v) is 3.79. The number of nitrogens with one attached hydrogen (secondary N) is 2. The molecule has 0 spiro atoms. The Labute approximate surface area is 109 Å². The van der Waals surface area contributed by atoms with Gasteiger partial charge in [-0.3, -0.25) is 0 Å². The molecule has 0 atom stereocenters. The van der Waals surface area contributed by atoms with Crippen molar-refractivity contribution in [2.75, 3.05) is 5.32 Å². The Morgan fingerprint density at radius 1 is 1.17 bits per heavy atom. The maximum Gasteiger partial charge on any atom is 0.319 e. The van der Waals surface area contributed by atoms with E-state index in [1.165, 1.54) is 24.8 Å². The summed E-state index contributed by atoms with van der Waals surface area (Å²) < 4.78 is 0. The van der Waals surface area contributed by atoms with Crippen LogP contribution < -0.4 is 10.6 Å². The van der Waals surface area contributed by atoms with Crippen LogP contribution in [0.4, 0.5) is 10.5 Å². The van der Waals surface area contributed by atoms with Crippen molar-refractivity contribution in [2.24, 2.45) is 0 Å². The van der Waals surface area contributed by atoms with Crippen LogP contribution in [0.15, 0.2) is 18.2 Å². The molecule has 0 heterocycles. The molecule has 0 aliphatic heterocycles. The summed E-state index contributed by atoms with van der Waals surface area (Å²) in [6.07, 6.45) is 5.99. The summed E-state index contributed by atoms with van der Waals surface area (Å²) >= 11 is 0. The number of urea groups is 1. The minimum atomic E-state index is -0.0735. The Balaban J connectivity index is 1.92. The lowest BCUT2D eigenvalue weighted by atomic mass is 9.96. The van der Waals surface area contributed by atoms with E-state index in [0.29, 0.717) is 6.04 Å². The Morgan fingerprint density at radius 2 is 1.89 bits per heavy atom. The molecule has 3 nitrogen and oxygen atoms in total. The molecule has 2 N–H and O–H groups in total. The van der Waals surface area contributed by atoms with E-state index in [-0.39, 0.29) is 6.03 Å². The minimum absolute atomic E-state index is 0.0735. The summed E-state index contributed by atoms with van der Waals surface area (Å²) in [6.45, 7) is 4.09. The standard InChI is InChI=1S/C15H22N2O/c1-11-7-6-10-14(12(11)2)17-15(18)16-13-8-4-3-5-9-13/h6-7,10,13H,3-5,8-9H2,1-2H3,(H2,16,17,18). The SMILES string of the molecule is Cc1cccc(NC(=O)NC2CCCCC2)c1C. The fourth-order valence-corrected chi connectivity index (χ4v) is 2.48. The van der Waals surface area contributed by atoms with Gasteiger partial charge in [0.2, 0.25) is 0 Å². The Bertz CT molecular complexity index is 423. The molecule has 1 aromatic carbocycles. The van der Waals surface area contributed by atoms with Crippen LogP contribution >= 0.6 is 0 Å². The van der Waals surface area contributed by atoms with Gasteiger partial charge in [-0.05, 0) is 43.9 Å². The number of hydrogen-bond acceptors (Lipinski definition) is 1. The van der Waals surface area contributed by atoms with Gasteiger partial charge in [-0.2, -0.15) is 0 Å². The van der Waals surface area contributed by atoms with Gasteiger partial charge in [0.25, 0.3) is 0 Å². The highest BCUT2D eigenvalue weighted by atomic mass is 16.2. The van der Waals surface area contributed by atoms with Crippen molar-refractivity contribution in [1.29, 1.82) is 0 Å². The highest BCUT2D eigenvalue weighted by Gasteiger charge is 2.15. The second-order valence-electron chi connectivity index (χ2n) is 5.18. The Hall–Kier alpha value is -1.51. The number of aryl methyl sites for hydroxylation is 1. The van der Waals surface area contributed by atoms with E-state index in [9.17, 15) is 4.79 Å². The molecule has 0 radical (unpaired) electrons. The normalized spacial score (nSPS) is 16.3. The highest BCUT2D eigenvalue weighted by Crippen LogP contribution is 2.19. The molecule has 0 bridgehead atoms. The van der Waals surface area contributed by atoms with Crippen molar-refractivity contribution in [3.05, 3.63) is 29.3 Å². The van der Waals surface area contributed by atoms with Crippen molar-refractivity contribution in [3.63, 3.8) is 0 Å². The summed E-state index contributed by atoms with van der Waals surface area (Å²) in [6, 6.07) is 6.25. The minimum Gasteiger partial charge on any atom is -0.335 e. The summed E-state index contributed by atoms with van der Waals surface area (Å²) in [4.78, 5) is 11.9. The molecule has 1 aromatic rings. The number of carbonyl (C=O) groups excluding carboxylic acids is 1. The van der Waals surface area contributed by atoms with E-state index in [2.05, 4.69) is 23.6 Å². The van der Waals surface area contributed by atoms with Gasteiger partial charge >= 0.3 is 6.03 Å². The van der Waals surface area contributed by atoms with Gasteiger partial charge in [0.05, 0.1) is 0 Å². The van der Waals surface area contributed by atoms with Crippen LogP contribution in [0.25, 0.3) is 0 Å². The van der Waals surface area contributed by atoms with Crippen LogP contribution in [0, 0.1) is 13.8 Å². The fourth-order valence-electron chi connectivity index (χ4n) is 2.48. The molecule has 1 aliphatic carbocycles.